The van der Waals surface area contributed by atoms with E-state index in [0.717, 1.165) is 6.42 Å². The summed E-state index contributed by atoms with van der Waals surface area (Å²) in [5, 5.41) is 18.3. The van der Waals surface area contributed by atoms with E-state index in [4.69, 9.17) is 10.5 Å². The van der Waals surface area contributed by atoms with Gasteiger partial charge in [-0.3, -0.25) is 0 Å². The SMILES string of the molecule is CC1(C)CC(C#N)C(C)(C)N1[OH2+]. The first-order valence-electron chi connectivity index (χ1n) is 4.23. The Balaban J connectivity index is 2.98. The van der Waals surface area contributed by atoms with Crippen LogP contribution >= 0.6 is 0 Å². The maximum absolute atomic E-state index is 8.89. The van der Waals surface area contributed by atoms with E-state index in [-0.39, 0.29) is 17.0 Å². The third-order valence-electron chi connectivity index (χ3n) is 2.89. The molecule has 0 aromatic carbocycles. The lowest BCUT2D eigenvalue weighted by molar-refractivity contribution is -0.194. The van der Waals surface area contributed by atoms with Gasteiger partial charge in [-0.15, -0.1) is 0 Å². The van der Waals surface area contributed by atoms with Crippen LogP contribution in [0.3, 0.4) is 0 Å². The van der Waals surface area contributed by atoms with Gasteiger partial charge in [0.15, 0.2) is 0 Å². The summed E-state index contributed by atoms with van der Waals surface area (Å²) < 4.78 is 0. The molecule has 0 aliphatic carbocycles. The molecule has 1 aliphatic heterocycles. The first-order valence-corrected chi connectivity index (χ1v) is 4.23. The fraction of sp³-hybridized carbons (Fsp3) is 0.889. The van der Waals surface area contributed by atoms with E-state index in [2.05, 4.69) is 6.07 Å². The van der Waals surface area contributed by atoms with Crippen LogP contribution in [-0.2, 0) is 0 Å². The molecule has 3 nitrogen and oxygen atoms in total. The zero-order valence-electron chi connectivity index (χ0n) is 8.18. The third-order valence-corrected chi connectivity index (χ3v) is 2.89. The van der Waals surface area contributed by atoms with E-state index >= 15 is 0 Å². The molecule has 0 saturated carbocycles. The molecule has 2 N–H and O–H groups in total. The second-order valence-electron chi connectivity index (χ2n) is 4.69. The summed E-state index contributed by atoms with van der Waals surface area (Å²) in [7, 11) is 0. The average Bonchev–Trinajstić information content (AvgIpc) is 2.11. The zero-order chi connectivity index (χ0) is 9.57. The first-order chi connectivity index (χ1) is 5.32. The van der Waals surface area contributed by atoms with Crippen LogP contribution < -0.4 is 0 Å². The molecule has 12 heavy (non-hydrogen) atoms. The Bertz CT molecular complexity index is 227. The molecule has 68 valence electrons. The van der Waals surface area contributed by atoms with Crippen LogP contribution in [-0.4, -0.2) is 21.3 Å². The van der Waals surface area contributed by atoms with Crippen molar-refractivity contribution in [3.05, 3.63) is 0 Å². The van der Waals surface area contributed by atoms with Crippen molar-refractivity contribution >= 4 is 0 Å². The monoisotopic (exact) mass is 169 g/mol. The molecule has 1 saturated heterocycles. The van der Waals surface area contributed by atoms with Crippen LogP contribution in [0.5, 0.6) is 0 Å². The van der Waals surface area contributed by atoms with E-state index < -0.39 is 0 Å². The second kappa shape index (κ2) is 2.45. The van der Waals surface area contributed by atoms with E-state index in [0.29, 0.717) is 0 Å². The molecule has 0 aromatic rings. The molecule has 1 unspecified atom stereocenters. The Morgan fingerprint density at radius 2 is 1.92 bits per heavy atom. The lowest BCUT2D eigenvalue weighted by Gasteiger charge is -2.29. The maximum Gasteiger partial charge on any atom is 0.0992 e. The fourth-order valence-corrected chi connectivity index (χ4v) is 1.98. The summed E-state index contributed by atoms with van der Waals surface area (Å²) in [6.07, 6.45) is 0.792. The number of hydrogen-bond acceptors (Lipinski definition) is 2. The number of hydrogen-bond donors (Lipinski definition) is 0. The molecule has 3 heteroatoms. The maximum atomic E-state index is 8.89. The molecule has 0 bridgehead atoms. The summed E-state index contributed by atoms with van der Waals surface area (Å²) in [6.45, 7) is 7.95. The van der Waals surface area contributed by atoms with Gasteiger partial charge in [0.05, 0.1) is 23.1 Å². The summed E-state index contributed by atoms with van der Waals surface area (Å²) in [6, 6.07) is 2.28. The van der Waals surface area contributed by atoms with Crippen molar-refractivity contribution in [2.45, 2.75) is 45.2 Å². The molecule has 0 aromatic heterocycles. The van der Waals surface area contributed by atoms with Gasteiger partial charge in [-0.2, -0.15) is 5.26 Å². The molecule has 1 heterocycles. The highest BCUT2D eigenvalue weighted by Crippen LogP contribution is 2.42. The third kappa shape index (κ3) is 1.12. The molecule has 0 amide bonds. The summed E-state index contributed by atoms with van der Waals surface area (Å²) in [4.78, 5) is 0. The van der Waals surface area contributed by atoms with Gasteiger partial charge in [-0.05, 0) is 34.1 Å². The van der Waals surface area contributed by atoms with Crippen molar-refractivity contribution in [1.29, 1.82) is 5.26 Å². The largest absolute Gasteiger partial charge is 0.338 e. The molecule has 0 radical (unpaired) electrons. The minimum Gasteiger partial charge on any atom is -0.338 e. The van der Waals surface area contributed by atoms with Crippen LogP contribution in [0.4, 0.5) is 0 Å². The number of nitriles is 1. The van der Waals surface area contributed by atoms with E-state index in [9.17, 15) is 0 Å². The molecule has 1 rings (SSSR count). The van der Waals surface area contributed by atoms with Crippen molar-refractivity contribution < 1.29 is 5.21 Å². The van der Waals surface area contributed by atoms with Gasteiger partial charge in [0.25, 0.3) is 0 Å². The quantitative estimate of drug-likeness (QED) is 0.508. The van der Waals surface area contributed by atoms with E-state index in [1.54, 1.807) is 5.06 Å². The molecular weight excluding hydrogens is 152 g/mol. The van der Waals surface area contributed by atoms with Crippen LogP contribution in [0, 0.1) is 17.2 Å². The highest BCUT2D eigenvalue weighted by atomic mass is 16.5. The van der Waals surface area contributed by atoms with Crippen molar-refractivity contribution in [1.82, 2.24) is 5.06 Å². The van der Waals surface area contributed by atoms with E-state index in [1.807, 2.05) is 27.7 Å². The van der Waals surface area contributed by atoms with Gasteiger partial charge >= 0.3 is 0 Å². The average molecular weight is 169 g/mol. The minimum atomic E-state index is -0.307. The molecular formula is C9H17N2O+. The normalized spacial score (nSPS) is 33.2. The predicted molar refractivity (Wildman–Crippen MR) is 47.3 cm³/mol. The van der Waals surface area contributed by atoms with Crippen LogP contribution in [0.25, 0.3) is 0 Å². The predicted octanol–water partition coefficient (Wildman–Crippen LogP) is 1.03. The number of nitrogens with zero attached hydrogens (tertiary/aromatic N) is 2. The summed E-state index contributed by atoms with van der Waals surface area (Å²) in [5.74, 6) is -0.0231. The van der Waals surface area contributed by atoms with Gasteiger partial charge in [-0.25, -0.2) is 0 Å². The molecule has 0 spiro atoms. The highest BCUT2D eigenvalue weighted by Gasteiger charge is 2.55. The minimum absolute atomic E-state index is 0.0231. The Hall–Kier alpha value is -0.590. The summed E-state index contributed by atoms with van der Waals surface area (Å²) in [5.41, 5.74) is -0.470. The standard InChI is InChI=1S/C9H16N2O/c1-8(2)5-7(6-10)9(3,4)11(8)12/h7,12H,5H2,1-4H3/p+1. The second-order valence-corrected chi connectivity index (χ2v) is 4.69. The topological polar surface area (TPSA) is 49.9 Å². The van der Waals surface area contributed by atoms with Gasteiger partial charge in [0.1, 0.15) is 0 Å². The van der Waals surface area contributed by atoms with Gasteiger partial charge in [-0.1, -0.05) is 5.06 Å². The Morgan fingerprint density at radius 1 is 1.42 bits per heavy atom. The highest BCUT2D eigenvalue weighted by molar-refractivity contribution is 5.09. The lowest BCUT2D eigenvalue weighted by atomic mass is 9.88. The number of hydroxylamine groups is 2. The van der Waals surface area contributed by atoms with E-state index in [1.165, 1.54) is 0 Å². The van der Waals surface area contributed by atoms with Gasteiger partial charge in [0, 0.05) is 0 Å². The van der Waals surface area contributed by atoms with Crippen molar-refractivity contribution in [3.63, 3.8) is 0 Å². The first kappa shape index (κ1) is 9.50. The summed E-state index contributed by atoms with van der Waals surface area (Å²) >= 11 is 0. The molecule has 1 atom stereocenters. The molecule has 1 aliphatic rings. The number of rotatable bonds is 0. The smallest absolute Gasteiger partial charge is 0.0992 e. The molecule has 1 fully saturated rings. The zero-order valence-corrected chi connectivity index (χ0v) is 8.18. The van der Waals surface area contributed by atoms with Crippen LogP contribution in [0.15, 0.2) is 0 Å². The van der Waals surface area contributed by atoms with Crippen LogP contribution in [0.1, 0.15) is 34.1 Å². The van der Waals surface area contributed by atoms with Crippen molar-refractivity contribution in [2.75, 3.05) is 0 Å². The Morgan fingerprint density at radius 3 is 2.08 bits per heavy atom. The van der Waals surface area contributed by atoms with Crippen molar-refractivity contribution in [3.8, 4) is 6.07 Å². The Labute approximate surface area is 73.6 Å². The Kier molecular flexibility index (Phi) is 1.94. The van der Waals surface area contributed by atoms with Gasteiger partial charge < -0.3 is 5.21 Å². The van der Waals surface area contributed by atoms with Gasteiger partial charge in [0.2, 0.25) is 0 Å². The fourth-order valence-electron chi connectivity index (χ4n) is 1.98. The van der Waals surface area contributed by atoms with Crippen molar-refractivity contribution in [2.24, 2.45) is 5.92 Å². The van der Waals surface area contributed by atoms with Crippen LogP contribution in [0.2, 0.25) is 0 Å². The lowest BCUT2D eigenvalue weighted by Crippen LogP contribution is -2.47.